The maximum absolute atomic E-state index is 5.56. The maximum atomic E-state index is 5.56. The number of hydrogen-bond acceptors (Lipinski definition) is 5. The standard InChI is InChI=1S/C14H25N5/c1-3-12-13(18-15)16-10-17-14(12)19(4-2)11-8-6-5-7-9-11/h10-11H,3-9,15H2,1-2H3,(H,16,17,18). The number of nitrogen functional groups attached to an aromatic ring is 1. The fourth-order valence-electron chi connectivity index (χ4n) is 3.07. The summed E-state index contributed by atoms with van der Waals surface area (Å²) < 4.78 is 0. The van der Waals surface area contributed by atoms with Crippen molar-refractivity contribution in [3.63, 3.8) is 0 Å². The summed E-state index contributed by atoms with van der Waals surface area (Å²) in [6.45, 7) is 5.31. The molecule has 3 N–H and O–H groups in total. The van der Waals surface area contributed by atoms with Gasteiger partial charge in [0.05, 0.1) is 0 Å². The van der Waals surface area contributed by atoms with Crippen LogP contribution in [0.3, 0.4) is 0 Å². The summed E-state index contributed by atoms with van der Waals surface area (Å²) in [5, 5.41) is 0. The molecule has 0 aromatic carbocycles. The van der Waals surface area contributed by atoms with Crippen LogP contribution < -0.4 is 16.2 Å². The van der Waals surface area contributed by atoms with Crippen LogP contribution in [0, 0.1) is 0 Å². The molecule has 2 rings (SSSR count). The molecule has 1 saturated carbocycles. The molecule has 106 valence electrons. The predicted octanol–water partition coefficient (Wildman–Crippen LogP) is 2.48. The average molecular weight is 263 g/mol. The highest BCUT2D eigenvalue weighted by atomic mass is 15.3. The van der Waals surface area contributed by atoms with Crippen LogP contribution in [-0.4, -0.2) is 22.6 Å². The molecule has 1 aliphatic rings. The largest absolute Gasteiger partial charge is 0.354 e. The van der Waals surface area contributed by atoms with Crippen LogP contribution in [0.15, 0.2) is 6.33 Å². The Labute approximate surface area is 115 Å². The second-order valence-corrected chi connectivity index (χ2v) is 5.10. The third-order valence-electron chi connectivity index (χ3n) is 4.04. The number of hydrogen-bond donors (Lipinski definition) is 2. The summed E-state index contributed by atoms with van der Waals surface area (Å²) in [7, 11) is 0. The van der Waals surface area contributed by atoms with Gasteiger partial charge in [-0.3, -0.25) is 0 Å². The number of anilines is 2. The first kappa shape index (κ1) is 14.1. The molecule has 0 amide bonds. The number of nitrogens with zero attached hydrogens (tertiary/aromatic N) is 3. The average Bonchev–Trinajstić information content (AvgIpc) is 2.48. The Balaban J connectivity index is 2.31. The van der Waals surface area contributed by atoms with Crippen LogP contribution >= 0.6 is 0 Å². The van der Waals surface area contributed by atoms with Gasteiger partial charge in [-0.2, -0.15) is 0 Å². The smallest absolute Gasteiger partial charge is 0.148 e. The van der Waals surface area contributed by atoms with Crippen molar-refractivity contribution >= 4 is 11.6 Å². The summed E-state index contributed by atoms with van der Waals surface area (Å²) >= 11 is 0. The Kier molecular flexibility index (Phi) is 4.96. The fourth-order valence-corrected chi connectivity index (χ4v) is 3.07. The zero-order chi connectivity index (χ0) is 13.7. The Bertz CT molecular complexity index is 401. The summed E-state index contributed by atoms with van der Waals surface area (Å²) in [5.41, 5.74) is 3.81. The molecule has 0 saturated heterocycles. The fraction of sp³-hybridized carbons (Fsp3) is 0.714. The van der Waals surface area contributed by atoms with Gasteiger partial charge in [-0.05, 0) is 26.2 Å². The van der Waals surface area contributed by atoms with Gasteiger partial charge >= 0.3 is 0 Å². The molecular formula is C14H25N5. The third kappa shape index (κ3) is 2.97. The van der Waals surface area contributed by atoms with Crippen molar-refractivity contribution in [3.8, 4) is 0 Å². The van der Waals surface area contributed by atoms with Crippen LogP contribution in [0.5, 0.6) is 0 Å². The molecule has 5 heteroatoms. The Morgan fingerprint density at radius 2 is 2.00 bits per heavy atom. The number of aromatic nitrogens is 2. The second-order valence-electron chi connectivity index (χ2n) is 5.10. The summed E-state index contributed by atoms with van der Waals surface area (Å²) in [6, 6.07) is 0.615. The highest BCUT2D eigenvalue weighted by molar-refractivity contribution is 5.58. The molecule has 0 aliphatic heterocycles. The van der Waals surface area contributed by atoms with E-state index in [0.29, 0.717) is 6.04 Å². The lowest BCUT2D eigenvalue weighted by atomic mass is 9.94. The van der Waals surface area contributed by atoms with Crippen LogP contribution in [-0.2, 0) is 6.42 Å². The molecule has 0 spiro atoms. The van der Waals surface area contributed by atoms with E-state index in [1.165, 1.54) is 32.1 Å². The topological polar surface area (TPSA) is 67.1 Å². The minimum Gasteiger partial charge on any atom is -0.354 e. The normalized spacial score (nSPS) is 16.4. The van der Waals surface area contributed by atoms with Crippen molar-refractivity contribution in [1.82, 2.24) is 9.97 Å². The van der Waals surface area contributed by atoms with E-state index >= 15 is 0 Å². The van der Waals surface area contributed by atoms with Gasteiger partial charge in [-0.15, -0.1) is 0 Å². The highest BCUT2D eigenvalue weighted by Gasteiger charge is 2.23. The van der Waals surface area contributed by atoms with E-state index in [2.05, 4.69) is 34.1 Å². The van der Waals surface area contributed by atoms with Gasteiger partial charge in [-0.25, -0.2) is 15.8 Å². The number of rotatable bonds is 5. The first-order valence-corrected chi connectivity index (χ1v) is 7.38. The van der Waals surface area contributed by atoms with Crippen LogP contribution in [0.1, 0.15) is 51.5 Å². The molecule has 1 aromatic rings. The quantitative estimate of drug-likeness (QED) is 0.631. The minimum atomic E-state index is 0.615. The van der Waals surface area contributed by atoms with Gasteiger partial charge in [0.25, 0.3) is 0 Å². The van der Waals surface area contributed by atoms with Gasteiger partial charge in [0.1, 0.15) is 18.0 Å². The molecule has 1 heterocycles. The van der Waals surface area contributed by atoms with Gasteiger partial charge in [-0.1, -0.05) is 26.2 Å². The Morgan fingerprint density at radius 3 is 2.58 bits per heavy atom. The van der Waals surface area contributed by atoms with E-state index in [0.717, 1.165) is 30.2 Å². The number of hydrazine groups is 1. The van der Waals surface area contributed by atoms with Crippen molar-refractivity contribution in [2.45, 2.75) is 58.4 Å². The van der Waals surface area contributed by atoms with Crippen molar-refractivity contribution in [2.24, 2.45) is 5.84 Å². The molecule has 0 unspecified atom stereocenters. The van der Waals surface area contributed by atoms with Crippen LogP contribution in [0.2, 0.25) is 0 Å². The Morgan fingerprint density at radius 1 is 1.26 bits per heavy atom. The molecule has 1 fully saturated rings. The van der Waals surface area contributed by atoms with Gasteiger partial charge in [0, 0.05) is 18.2 Å². The van der Waals surface area contributed by atoms with Crippen molar-refractivity contribution < 1.29 is 0 Å². The first-order chi connectivity index (χ1) is 9.31. The Hall–Kier alpha value is -1.36. The van der Waals surface area contributed by atoms with Crippen molar-refractivity contribution in [3.05, 3.63) is 11.9 Å². The van der Waals surface area contributed by atoms with Crippen molar-refractivity contribution in [1.29, 1.82) is 0 Å². The zero-order valence-corrected chi connectivity index (χ0v) is 12.0. The van der Waals surface area contributed by atoms with E-state index in [1.807, 2.05) is 0 Å². The van der Waals surface area contributed by atoms with E-state index in [1.54, 1.807) is 6.33 Å². The molecule has 19 heavy (non-hydrogen) atoms. The van der Waals surface area contributed by atoms with Crippen LogP contribution in [0.4, 0.5) is 11.6 Å². The van der Waals surface area contributed by atoms with Crippen LogP contribution in [0.25, 0.3) is 0 Å². The monoisotopic (exact) mass is 263 g/mol. The molecular weight excluding hydrogens is 238 g/mol. The van der Waals surface area contributed by atoms with Gasteiger partial charge in [0.15, 0.2) is 0 Å². The van der Waals surface area contributed by atoms with Crippen molar-refractivity contribution in [2.75, 3.05) is 16.9 Å². The molecule has 0 bridgehead atoms. The molecule has 1 aliphatic carbocycles. The lowest BCUT2D eigenvalue weighted by Crippen LogP contribution is -2.38. The molecule has 5 nitrogen and oxygen atoms in total. The molecule has 0 atom stereocenters. The summed E-state index contributed by atoms with van der Waals surface area (Å²) in [4.78, 5) is 11.2. The molecule has 1 aromatic heterocycles. The maximum Gasteiger partial charge on any atom is 0.148 e. The van der Waals surface area contributed by atoms with Gasteiger partial charge < -0.3 is 10.3 Å². The van der Waals surface area contributed by atoms with Gasteiger partial charge in [0.2, 0.25) is 0 Å². The van der Waals surface area contributed by atoms with E-state index in [9.17, 15) is 0 Å². The molecule has 0 radical (unpaired) electrons. The third-order valence-corrected chi connectivity index (χ3v) is 4.04. The summed E-state index contributed by atoms with van der Waals surface area (Å²) in [5.74, 6) is 7.36. The number of nitrogens with two attached hydrogens (primary N) is 1. The SMILES string of the molecule is CCc1c(NN)ncnc1N(CC)C1CCCCC1. The zero-order valence-electron chi connectivity index (χ0n) is 12.0. The lowest BCUT2D eigenvalue weighted by Gasteiger charge is -2.35. The van der Waals surface area contributed by atoms with E-state index in [4.69, 9.17) is 5.84 Å². The first-order valence-electron chi connectivity index (χ1n) is 7.38. The number of nitrogens with one attached hydrogen (secondary N) is 1. The minimum absolute atomic E-state index is 0.615. The lowest BCUT2D eigenvalue weighted by molar-refractivity contribution is 0.415. The highest BCUT2D eigenvalue weighted by Crippen LogP contribution is 2.30. The van der Waals surface area contributed by atoms with E-state index in [-0.39, 0.29) is 0 Å². The summed E-state index contributed by atoms with van der Waals surface area (Å²) in [6.07, 6.45) is 9.06. The van der Waals surface area contributed by atoms with E-state index < -0.39 is 0 Å². The second kappa shape index (κ2) is 6.70. The predicted molar refractivity (Wildman–Crippen MR) is 79.1 cm³/mol.